The average Bonchev–Trinajstić information content (AvgIpc) is 3.03. The number of alkyl carbamates (subject to hydrolysis) is 1. The normalized spacial score (nSPS) is 13.7. The molecule has 0 heterocycles. The molecule has 0 unspecified atom stereocenters. The van der Waals surface area contributed by atoms with Crippen molar-refractivity contribution in [3.05, 3.63) is 29.8 Å². The number of benzene rings is 1. The van der Waals surface area contributed by atoms with Crippen molar-refractivity contribution in [2.45, 2.75) is 31.8 Å². The second-order valence-corrected chi connectivity index (χ2v) is 5.17. The first-order chi connectivity index (χ1) is 11.2. The van der Waals surface area contributed by atoms with Gasteiger partial charge >= 0.3 is 6.09 Å². The maximum atomic E-state index is 11.5. The van der Waals surface area contributed by atoms with E-state index in [1.807, 2.05) is 0 Å². The molecule has 0 aliphatic heterocycles. The Kier molecular flexibility index (Phi) is 6.30. The summed E-state index contributed by atoms with van der Waals surface area (Å²) >= 11 is 0. The monoisotopic (exact) mass is 316 g/mol. The van der Waals surface area contributed by atoms with Crippen molar-refractivity contribution in [1.29, 1.82) is 0 Å². The predicted octanol–water partition coefficient (Wildman–Crippen LogP) is 1.84. The van der Waals surface area contributed by atoms with Gasteiger partial charge in [-0.25, -0.2) is 4.79 Å². The number of carbonyl (C=O) groups excluding carboxylic acids is 2. The van der Waals surface area contributed by atoms with E-state index in [1.54, 1.807) is 24.3 Å². The van der Waals surface area contributed by atoms with Crippen molar-refractivity contribution in [2.24, 2.45) is 5.73 Å². The first-order valence-corrected chi connectivity index (χ1v) is 7.58. The first-order valence-electron chi connectivity index (χ1n) is 7.58. The molecule has 0 aromatic heterocycles. The lowest BCUT2D eigenvalue weighted by atomic mass is 10.2. The summed E-state index contributed by atoms with van der Waals surface area (Å²) in [6.07, 6.45) is 3.70. The Labute approximate surface area is 135 Å². The van der Waals surface area contributed by atoms with E-state index in [4.69, 9.17) is 15.2 Å². The molecular formula is C17H20N2O4. The molecule has 0 radical (unpaired) electrons. The van der Waals surface area contributed by atoms with Gasteiger partial charge < -0.3 is 20.5 Å². The van der Waals surface area contributed by atoms with Gasteiger partial charge in [0.1, 0.15) is 18.5 Å². The Balaban J connectivity index is 1.68. The van der Waals surface area contributed by atoms with Crippen LogP contribution in [-0.2, 0) is 4.74 Å². The fourth-order valence-corrected chi connectivity index (χ4v) is 2.34. The molecule has 0 spiro atoms. The third-order valence-electron chi connectivity index (χ3n) is 3.47. The number of rotatable bonds is 5. The maximum absolute atomic E-state index is 11.5. The summed E-state index contributed by atoms with van der Waals surface area (Å²) < 4.78 is 10.6. The lowest BCUT2D eigenvalue weighted by Crippen LogP contribution is -2.28. The Morgan fingerprint density at radius 2 is 1.96 bits per heavy atom. The average molecular weight is 316 g/mol. The van der Waals surface area contributed by atoms with E-state index in [1.165, 1.54) is 0 Å². The van der Waals surface area contributed by atoms with Crippen molar-refractivity contribution in [3.8, 4) is 17.6 Å². The second-order valence-electron chi connectivity index (χ2n) is 5.17. The van der Waals surface area contributed by atoms with Crippen LogP contribution in [0.1, 0.15) is 36.0 Å². The number of nitrogens with one attached hydrogen (secondary N) is 1. The van der Waals surface area contributed by atoms with Crippen LogP contribution in [0.2, 0.25) is 0 Å². The molecule has 1 aromatic rings. The molecule has 1 fully saturated rings. The van der Waals surface area contributed by atoms with E-state index in [-0.39, 0.29) is 19.3 Å². The van der Waals surface area contributed by atoms with Crippen molar-refractivity contribution in [1.82, 2.24) is 5.32 Å². The Morgan fingerprint density at radius 3 is 2.70 bits per heavy atom. The van der Waals surface area contributed by atoms with Gasteiger partial charge in [0, 0.05) is 0 Å². The van der Waals surface area contributed by atoms with Crippen molar-refractivity contribution in [2.75, 3.05) is 13.2 Å². The highest BCUT2D eigenvalue weighted by Gasteiger charge is 2.18. The highest BCUT2D eigenvalue weighted by atomic mass is 16.6. The minimum atomic E-state index is -0.551. The summed E-state index contributed by atoms with van der Waals surface area (Å²) in [5.41, 5.74) is 5.56. The van der Waals surface area contributed by atoms with Gasteiger partial charge in [0.05, 0.1) is 12.1 Å². The molecule has 0 saturated heterocycles. The third kappa shape index (κ3) is 5.55. The van der Waals surface area contributed by atoms with Crippen molar-refractivity contribution >= 4 is 12.0 Å². The number of nitrogens with two attached hydrogens (primary N) is 1. The lowest BCUT2D eigenvalue weighted by molar-refractivity contribution is 0.0994. The van der Waals surface area contributed by atoms with Gasteiger partial charge in [0.2, 0.25) is 0 Å². The van der Waals surface area contributed by atoms with Crippen molar-refractivity contribution in [3.63, 3.8) is 0 Å². The molecule has 6 heteroatoms. The Morgan fingerprint density at radius 1 is 1.22 bits per heavy atom. The van der Waals surface area contributed by atoms with Gasteiger partial charge in [-0.1, -0.05) is 24.0 Å². The molecule has 6 nitrogen and oxygen atoms in total. The zero-order valence-corrected chi connectivity index (χ0v) is 12.8. The van der Waals surface area contributed by atoms with E-state index in [0.29, 0.717) is 11.3 Å². The molecule has 23 heavy (non-hydrogen) atoms. The zero-order chi connectivity index (χ0) is 16.5. The van der Waals surface area contributed by atoms with Crippen LogP contribution < -0.4 is 15.8 Å². The van der Waals surface area contributed by atoms with Crippen LogP contribution in [0.15, 0.2) is 24.3 Å². The summed E-state index contributed by atoms with van der Waals surface area (Å²) in [7, 11) is 0. The SMILES string of the molecule is NC(=O)c1ccccc1OCC#CCNC(=O)OC1CCCC1. The molecule has 0 bridgehead atoms. The van der Waals surface area contributed by atoms with Crippen molar-refractivity contribution < 1.29 is 19.1 Å². The fourth-order valence-electron chi connectivity index (χ4n) is 2.34. The second kappa shape index (κ2) is 8.69. The molecule has 122 valence electrons. The molecule has 2 rings (SSSR count). The van der Waals surface area contributed by atoms with E-state index < -0.39 is 12.0 Å². The zero-order valence-electron chi connectivity index (χ0n) is 12.8. The van der Waals surface area contributed by atoms with Gasteiger partial charge in [-0.2, -0.15) is 0 Å². The molecular weight excluding hydrogens is 296 g/mol. The number of primary amides is 1. The van der Waals surface area contributed by atoms with E-state index in [9.17, 15) is 9.59 Å². The van der Waals surface area contributed by atoms with Gasteiger partial charge in [-0.3, -0.25) is 4.79 Å². The van der Waals surface area contributed by atoms with Crippen LogP contribution in [0.25, 0.3) is 0 Å². The van der Waals surface area contributed by atoms with Gasteiger partial charge in [0.15, 0.2) is 0 Å². The summed E-state index contributed by atoms with van der Waals surface area (Å²) in [4.78, 5) is 22.7. The van der Waals surface area contributed by atoms with Crippen LogP contribution in [0.5, 0.6) is 5.75 Å². The summed E-state index contributed by atoms with van der Waals surface area (Å²) in [5.74, 6) is 5.35. The smallest absolute Gasteiger partial charge is 0.408 e. The molecule has 1 aliphatic carbocycles. The Hall–Kier alpha value is -2.68. The standard InChI is InChI=1S/C17H20N2O4/c18-16(20)14-9-3-4-10-15(14)22-12-6-5-11-19-17(21)23-13-7-1-2-8-13/h3-4,9-10,13H,1-2,7-8,11-12H2,(H2,18,20)(H,19,21). The summed E-state index contributed by atoms with van der Waals surface area (Å²) in [6, 6.07) is 6.69. The number of hydrogen-bond acceptors (Lipinski definition) is 4. The molecule has 3 N–H and O–H groups in total. The fraction of sp³-hybridized carbons (Fsp3) is 0.412. The third-order valence-corrected chi connectivity index (χ3v) is 3.47. The number of hydrogen-bond donors (Lipinski definition) is 2. The van der Waals surface area contributed by atoms with Gasteiger partial charge in [0.25, 0.3) is 5.91 Å². The van der Waals surface area contributed by atoms with Crippen LogP contribution in [-0.4, -0.2) is 31.3 Å². The number of para-hydroxylation sites is 1. The van der Waals surface area contributed by atoms with Crippen LogP contribution in [0, 0.1) is 11.8 Å². The molecule has 1 aromatic carbocycles. The van der Waals surface area contributed by atoms with Gasteiger partial charge in [-0.05, 0) is 37.8 Å². The predicted molar refractivity (Wildman–Crippen MR) is 85.0 cm³/mol. The lowest BCUT2D eigenvalue weighted by Gasteiger charge is -2.10. The number of ether oxygens (including phenoxy) is 2. The number of carbonyl (C=O) groups is 2. The van der Waals surface area contributed by atoms with E-state index in [0.717, 1.165) is 25.7 Å². The number of amides is 2. The largest absolute Gasteiger partial charge is 0.480 e. The van der Waals surface area contributed by atoms with Gasteiger partial charge in [-0.15, -0.1) is 0 Å². The molecule has 2 amide bonds. The molecule has 1 aliphatic rings. The minimum Gasteiger partial charge on any atom is -0.480 e. The first kappa shape index (κ1) is 16.7. The summed E-state index contributed by atoms with van der Waals surface area (Å²) in [5, 5.41) is 2.57. The van der Waals surface area contributed by atoms with Crippen LogP contribution in [0.3, 0.4) is 0 Å². The Bertz CT molecular complexity index is 613. The topological polar surface area (TPSA) is 90.7 Å². The molecule has 1 saturated carbocycles. The highest BCUT2D eigenvalue weighted by molar-refractivity contribution is 5.95. The summed E-state index contributed by atoms with van der Waals surface area (Å²) in [6.45, 7) is 0.288. The van der Waals surface area contributed by atoms with Crippen LogP contribution in [0.4, 0.5) is 4.79 Å². The maximum Gasteiger partial charge on any atom is 0.408 e. The highest BCUT2D eigenvalue weighted by Crippen LogP contribution is 2.20. The quantitative estimate of drug-likeness (QED) is 0.811. The van der Waals surface area contributed by atoms with E-state index in [2.05, 4.69) is 17.2 Å². The van der Waals surface area contributed by atoms with Crippen LogP contribution >= 0.6 is 0 Å². The minimum absolute atomic E-state index is 0.0385. The molecule has 0 atom stereocenters. The van der Waals surface area contributed by atoms with E-state index >= 15 is 0 Å².